The number of nitrogens with zero attached hydrogens (tertiary/aromatic N) is 2. The van der Waals surface area contributed by atoms with E-state index in [-0.39, 0.29) is 5.97 Å². The molecule has 0 aliphatic carbocycles. The van der Waals surface area contributed by atoms with Crippen LogP contribution in [0.1, 0.15) is 17.3 Å². The van der Waals surface area contributed by atoms with E-state index < -0.39 is 0 Å². The molecule has 0 aliphatic rings. The Balaban J connectivity index is 1.97. The first-order valence-corrected chi connectivity index (χ1v) is 6.49. The van der Waals surface area contributed by atoms with Gasteiger partial charge in [0.15, 0.2) is 0 Å². The number of carbonyl (C=O) groups is 1. The summed E-state index contributed by atoms with van der Waals surface area (Å²) in [6, 6.07) is 13.2. The van der Waals surface area contributed by atoms with E-state index in [0.29, 0.717) is 12.2 Å². The van der Waals surface area contributed by atoms with Gasteiger partial charge >= 0.3 is 5.97 Å². The number of esters is 1. The molecule has 0 saturated heterocycles. The number of carbonyl (C=O) groups excluding carboxylic acids is 1. The molecule has 0 bridgehead atoms. The molecule has 100 valence electrons. The van der Waals surface area contributed by atoms with Gasteiger partial charge < -0.3 is 4.74 Å². The Kier molecular flexibility index (Phi) is 3.21. The number of hydrogen-bond donors (Lipinski definition) is 0. The van der Waals surface area contributed by atoms with Gasteiger partial charge in [0.2, 0.25) is 0 Å². The summed E-state index contributed by atoms with van der Waals surface area (Å²) in [6.45, 7) is 2.18. The zero-order chi connectivity index (χ0) is 13.9. The van der Waals surface area contributed by atoms with Crippen molar-refractivity contribution in [3.05, 3.63) is 60.4 Å². The number of pyridine rings is 1. The van der Waals surface area contributed by atoms with Crippen molar-refractivity contribution in [1.29, 1.82) is 0 Å². The molecule has 0 N–H and O–H groups in total. The first kappa shape index (κ1) is 12.4. The van der Waals surface area contributed by atoms with Gasteiger partial charge in [-0.05, 0) is 31.2 Å². The van der Waals surface area contributed by atoms with Crippen molar-refractivity contribution in [1.82, 2.24) is 9.38 Å². The fourth-order valence-electron chi connectivity index (χ4n) is 2.14. The van der Waals surface area contributed by atoms with E-state index in [4.69, 9.17) is 4.74 Å². The second-order valence-electron chi connectivity index (χ2n) is 4.37. The summed E-state index contributed by atoms with van der Waals surface area (Å²) in [5, 5.41) is 0. The van der Waals surface area contributed by atoms with Gasteiger partial charge in [0.25, 0.3) is 0 Å². The molecule has 20 heavy (non-hydrogen) atoms. The smallest absolute Gasteiger partial charge is 0.338 e. The Morgan fingerprint density at radius 1 is 1.20 bits per heavy atom. The Morgan fingerprint density at radius 3 is 2.75 bits per heavy atom. The number of imidazole rings is 1. The minimum absolute atomic E-state index is 0.294. The minimum atomic E-state index is -0.294. The number of aromatic nitrogens is 2. The van der Waals surface area contributed by atoms with Crippen LogP contribution in [0.25, 0.3) is 16.9 Å². The number of benzene rings is 1. The summed E-state index contributed by atoms with van der Waals surface area (Å²) in [4.78, 5) is 16.0. The van der Waals surface area contributed by atoms with Crippen molar-refractivity contribution in [2.24, 2.45) is 0 Å². The predicted octanol–water partition coefficient (Wildman–Crippen LogP) is 3.18. The number of hydrogen-bond acceptors (Lipinski definition) is 3. The third-order valence-corrected chi connectivity index (χ3v) is 3.11. The first-order chi connectivity index (χ1) is 9.79. The zero-order valence-corrected chi connectivity index (χ0v) is 11.1. The van der Waals surface area contributed by atoms with Crippen LogP contribution in [-0.2, 0) is 4.74 Å². The van der Waals surface area contributed by atoms with Crippen LogP contribution in [0.2, 0.25) is 0 Å². The summed E-state index contributed by atoms with van der Waals surface area (Å²) in [5.41, 5.74) is 3.47. The van der Waals surface area contributed by atoms with E-state index >= 15 is 0 Å². The third kappa shape index (κ3) is 2.16. The molecule has 1 aromatic carbocycles. The maximum absolute atomic E-state index is 11.6. The van der Waals surface area contributed by atoms with Gasteiger partial charge in [-0.1, -0.05) is 18.2 Å². The SMILES string of the molecule is CCOC(=O)c1ccc(-c2cnc3ccccn23)cc1. The van der Waals surface area contributed by atoms with Gasteiger partial charge in [-0.25, -0.2) is 9.78 Å². The molecule has 0 unspecified atom stereocenters. The molecule has 2 heterocycles. The molecule has 0 atom stereocenters. The lowest BCUT2D eigenvalue weighted by molar-refractivity contribution is 0.0526. The van der Waals surface area contributed by atoms with Crippen molar-refractivity contribution in [3.8, 4) is 11.3 Å². The van der Waals surface area contributed by atoms with Crippen molar-refractivity contribution >= 4 is 11.6 Å². The van der Waals surface area contributed by atoms with Crippen LogP contribution in [0, 0.1) is 0 Å². The quantitative estimate of drug-likeness (QED) is 0.684. The van der Waals surface area contributed by atoms with Crippen molar-refractivity contribution in [3.63, 3.8) is 0 Å². The van der Waals surface area contributed by atoms with Gasteiger partial charge in [-0.3, -0.25) is 4.40 Å². The summed E-state index contributed by atoms with van der Waals surface area (Å²) < 4.78 is 6.99. The minimum Gasteiger partial charge on any atom is -0.462 e. The van der Waals surface area contributed by atoms with Crippen LogP contribution in [-0.4, -0.2) is 22.0 Å². The summed E-state index contributed by atoms with van der Waals surface area (Å²) in [6.07, 6.45) is 3.80. The van der Waals surface area contributed by atoms with Crippen LogP contribution in [0.15, 0.2) is 54.9 Å². The molecule has 0 fully saturated rings. The van der Waals surface area contributed by atoms with Gasteiger partial charge in [-0.15, -0.1) is 0 Å². The van der Waals surface area contributed by atoms with Crippen LogP contribution >= 0.6 is 0 Å². The highest BCUT2D eigenvalue weighted by molar-refractivity contribution is 5.90. The average Bonchev–Trinajstić information content (AvgIpc) is 2.92. The van der Waals surface area contributed by atoms with E-state index in [1.807, 2.05) is 47.1 Å². The maximum atomic E-state index is 11.6. The monoisotopic (exact) mass is 266 g/mol. The molecule has 4 nitrogen and oxygen atoms in total. The number of fused-ring (bicyclic) bond motifs is 1. The topological polar surface area (TPSA) is 43.6 Å². The molecule has 4 heteroatoms. The lowest BCUT2D eigenvalue weighted by Gasteiger charge is -2.04. The van der Waals surface area contributed by atoms with Gasteiger partial charge in [0.05, 0.1) is 24.1 Å². The molecule has 0 saturated carbocycles. The largest absolute Gasteiger partial charge is 0.462 e. The van der Waals surface area contributed by atoms with Crippen LogP contribution in [0.5, 0.6) is 0 Å². The van der Waals surface area contributed by atoms with E-state index in [9.17, 15) is 4.79 Å². The highest BCUT2D eigenvalue weighted by Crippen LogP contribution is 2.21. The Hall–Kier alpha value is -2.62. The van der Waals surface area contributed by atoms with E-state index in [2.05, 4.69) is 4.98 Å². The van der Waals surface area contributed by atoms with Crippen LogP contribution < -0.4 is 0 Å². The molecular weight excluding hydrogens is 252 g/mol. The number of rotatable bonds is 3. The standard InChI is InChI=1S/C16H14N2O2/c1-2-20-16(19)13-8-6-12(7-9-13)14-11-17-15-5-3-4-10-18(14)15/h3-11H,2H2,1H3. The highest BCUT2D eigenvalue weighted by atomic mass is 16.5. The van der Waals surface area contributed by atoms with E-state index in [1.54, 1.807) is 19.1 Å². The third-order valence-electron chi connectivity index (χ3n) is 3.11. The maximum Gasteiger partial charge on any atom is 0.338 e. The lowest BCUT2D eigenvalue weighted by atomic mass is 10.1. The highest BCUT2D eigenvalue weighted by Gasteiger charge is 2.08. The Labute approximate surface area is 116 Å². The normalized spacial score (nSPS) is 10.7. The molecule has 0 aliphatic heterocycles. The summed E-state index contributed by atoms with van der Waals surface area (Å²) in [7, 11) is 0. The van der Waals surface area contributed by atoms with Crippen molar-refractivity contribution in [2.45, 2.75) is 6.92 Å². The first-order valence-electron chi connectivity index (χ1n) is 6.49. The summed E-state index contributed by atoms with van der Waals surface area (Å²) in [5.74, 6) is -0.294. The lowest BCUT2D eigenvalue weighted by Crippen LogP contribution is -2.04. The average molecular weight is 266 g/mol. The van der Waals surface area contributed by atoms with Crippen LogP contribution in [0.4, 0.5) is 0 Å². The molecule has 0 spiro atoms. The molecule has 0 amide bonds. The molecule has 3 aromatic rings. The fourth-order valence-corrected chi connectivity index (χ4v) is 2.14. The van der Waals surface area contributed by atoms with E-state index in [1.165, 1.54) is 0 Å². The Morgan fingerprint density at radius 2 is 2.00 bits per heavy atom. The van der Waals surface area contributed by atoms with Crippen molar-refractivity contribution in [2.75, 3.05) is 6.61 Å². The molecule has 3 rings (SSSR count). The Bertz CT molecular complexity index is 745. The van der Waals surface area contributed by atoms with Crippen LogP contribution in [0.3, 0.4) is 0 Å². The second-order valence-corrected chi connectivity index (χ2v) is 4.37. The second kappa shape index (κ2) is 5.17. The van der Waals surface area contributed by atoms with Gasteiger partial charge in [-0.2, -0.15) is 0 Å². The van der Waals surface area contributed by atoms with Gasteiger partial charge in [0.1, 0.15) is 5.65 Å². The summed E-state index contributed by atoms with van der Waals surface area (Å²) >= 11 is 0. The van der Waals surface area contributed by atoms with Crippen molar-refractivity contribution < 1.29 is 9.53 Å². The molecule has 0 radical (unpaired) electrons. The zero-order valence-electron chi connectivity index (χ0n) is 11.1. The fraction of sp³-hybridized carbons (Fsp3) is 0.125. The predicted molar refractivity (Wildman–Crippen MR) is 76.6 cm³/mol. The molecular formula is C16H14N2O2. The van der Waals surface area contributed by atoms with Gasteiger partial charge in [0, 0.05) is 11.8 Å². The molecule has 2 aromatic heterocycles. The van der Waals surface area contributed by atoms with E-state index in [0.717, 1.165) is 16.9 Å². The number of ether oxygens (including phenoxy) is 1.